The highest BCUT2D eigenvalue weighted by Crippen LogP contribution is 2.45. The van der Waals surface area contributed by atoms with E-state index < -0.39 is 6.43 Å². The van der Waals surface area contributed by atoms with Gasteiger partial charge in [0.25, 0.3) is 0 Å². The molecule has 1 saturated carbocycles. The van der Waals surface area contributed by atoms with Crippen molar-refractivity contribution >= 4 is 0 Å². The number of hydrogen-bond acceptors (Lipinski definition) is 1. The van der Waals surface area contributed by atoms with Gasteiger partial charge in [-0.1, -0.05) is 0 Å². The van der Waals surface area contributed by atoms with Crippen molar-refractivity contribution in [2.24, 2.45) is 17.8 Å². The summed E-state index contributed by atoms with van der Waals surface area (Å²) in [6.07, 6.45) is -1.05. The Morgan fingerprint density at radius 3 is 2.10 bits per heavy atom. The standard InChI is InChI=1S/C7H11F2N/c8-7(9)6-4-1-5(6)3-10-2-4/h4-7,10H,1-3H2. The van der Waals surface area contributed by atoms with E-state index >= 15 is 0 Å². The molecule has 58 valence electrons. The van der Waals surface area contributed by atoms with Crippen molar-refractivity contribution < 1.29 is 8.78 Å². The molecule has 2 bridgehead atoms. The highest BCUT2D eigenvalue weighted by molar-refractivity contribution is 4.96. The molecule has 0 radical (unpaired) electrons. The van der Waals surface area contributed by atoms with E-state index in [1.807, 2.05) is 0 Å². The molecule has 0 aromatic carbocycles. The first-order valence-corrected chi connectivity index (χ1v) is 3.78. The van der Waals surface area contributed by atoms with Gasteiger partial charge in [-0.15, -0.1) is 0 Å². The third-order valence-electron chi connectivity index (χ3n) is 2.80. The van der Waals surface area contributed by atoms with Crippen molar-refractivity contribution in [1.29, 1.82) is 0 Å². The number of rotatable bonds is 1. The van der Waals surface area contributed by atoms with Gasteiger partial charge in [-0.05, 0) is 31.3 Å². The molecule has 2 atom stereocenters. The Kier molecular flexibility index (Phi) is 1.41. The van der Waals surface area contributed by atoms with Gasteiger partial charge in [0.15, 0.2) is 0 Å². The van der Waals surface area contributed by atoms with E-state index in [-0.39, 0.29) is 17.8 Å². The maximum atomic E-state index is 12.2. The molecule has 2 saturated heterocycles. The topological polar surface area (TPSA) is 12.0 Å². The largest absolute Gasteiger partial charge is 0.316 e. The number of hydrogen-bond donors (Lipinski definition) is 1. The fourth-order valence-corrected chi connectivity index (χ4v) is 2.20. The fourth-order valence-electron chi connectivity index (χ4n) is 2.20. The molecule has 3 fully saturated rings. The summed E-state index contributed by atoms with van der Waals surface area (Å²) in [7, 11) is 0. The lowest BCUT2D eigenvalue weighted by Gasteiger charge is -2.49. The zero-order valence-electron chi connectivity index (χ0n) is 5.69. The summed E-state index contributed by atoms with van der Waals surface area (Å²) < 4.78 is 24.3. The van der Waals surface area contributed by atoms with Crippen molar-refractivity contribution in [3.8, 4) is 0 Å². The summed E-state index contributed by atoms with van der Waals surface area (Å²) in [6.45, 7) is 1.62. The third kappa shape index (κ3) is 0.764. The van der Waals surface area contributed by atoms with Crippen LogP contribution < -0.4 is 5.32 Å². The van der Waals surface area contributed by atoms with Gasteiger partial charge in [0.05, 0.1) is 0 Å². The summed E-state index contributed by atoms with van der Waals surface area (Å²) in [5.41, 5.74) is 0. The van der Waals surface area contributed by atoms with E-state index in [1.54, 1.807) is 0 Å². The summed E-state index contributed by atoms with van der Waals surface area (Å²) in [5, 5.41) is 3.14. The van der Waals surface area contributed by atoms with Crippen LogP contribution in [0.4, 0.5) is 8.78 Å². The number of nitrogens with one attached hydrogen (secondary N) is 1. The zero-order valence-corrected chi connectivity index (χ0v) is 5.69. The minimum absolute atomic E-state index is 0.277. The van der Waals surface area contributed by atoms with Crippen LogP contribution in [0, 0.1) is 17.8 Å². The minimum atomic E-state index is -2.08. The van der Waals surface area contributed by atoms with Crippen LogP contribution in [-0.4, -0.2) is 19.5 Å². The normalized spacial score (nSPS) is 45.3. The Labute approximate surface area is 58.8 Å². The molecule has 10 heavy (non-hydrogen) atoms. The highest BCUT2D eigenvalue weighted by Gasteiger charge is 2.48. The van der Waals surface area contributed by atoms with Gasteiger partial charge in [-0.25, -0.2) is 8.78 Å². The van der Waals surface area contributed by atoms with Crippen LogP contribution in [-0.2, 0) is 0 Å². The Bertz CT molecular complexity index is 124. The monoisotopic (exact) mass is 147 g/mol. The second-order valence-electron chi connectivity index (χ2n) is 3.33. The van der Waals surface area contributed by atoms with Crippen molar-refractivity contribution in [1.82, 2.24) is 5.32 Å². The average Bonchev–Trinajstić information content (AvgIpc) is 1.87. The number of alkyl halides is 2. The van der Waals surface area contributed by atoms with Gasteiger partial charge in [0.2, 0.25) is 6.43 Å². The average molecular weight is 147 g/mol. The molecule has 1 nitrogen and oxygen atoms in total. The fraction of sp³-hybridized carbons (Fsp3) is 1.00. The quantitative estimate of drug-likeness (QED) is 0.585. The van der Waals surface area contributed by atoms with Gasteiger partial charge >= 0.3 is 0 Å². The molecule has 0 spiro atoms. The van der Waals surface area contributed by atoms with E-state index in [0.29, 0.717) is 0 Å². The molecule has 1 aliphatic carbocycles. The van der Waals surface area contributed by atoms with Crippen LogP contribution in [0.3, 0.4) is 0 Å². The van der Waals surface area contributed by atoms with Crippen LogP contribution in [0.25, 0.3) is 0 Å². The summed E-state index contributed by atoms with van der Waals surface area (Å²) >= 11 is 0. The second-order valence-corrected chi connectivity index (χ2v) is 3.33. The lowest BCUT2D eigenvalue weighted by molar-refractivity contribution is -0.0799. The van der Waals surface area contributed by atoms with E-state index in [0.717, 1.165) is 19.5 Å². The smallest absolute Gasteiger partial charge is 0.242 e. The van der Waals surface area contributed by atoms with Crippen LogP contribution in [0.2, 0.25) is 0 Å². The summed E-state index contributed by atoms with van der Waals surface area (Å²) in [6, 6.07) is 0. The zero-order chi connectivity index (χ0) is 7.14. The molecule has 3 rings (SSSR count). The SMILES string of the molecule is FC(F)C1C2CNCC1C2. The van der Waals surface area contributed by atoms with Gasteiger partial charge < -0.3 is 5.32 Å². The Hall–Kier alpha value is -0.180. The molecule has 0 amide bonds. The van der Waals surface area contributed by atoms with Crippen LogP contribution >= 0.6 is 0 Å². The van der Waals surface area contributed by atoms with Gasteiger partial charge in [-0.2, -0.15) is 0 Å². The predicted octanol–water partition coefficient (Wildman–Crippen LogP) is 1.11. The molecular formula is C7H11F2N. The molecule has 2 aliphatic heterocycles. The van der Waals surface area contributed by atoms with E-state index in [9.17, 15) is 8.78 Å². The first kappa shape index (κ1) is 6.53. The minimum Gasteiger partial charge on any atom is -0.316 e. The van der Waals surface area contributed by atoms with E-state index in [4.69, 9.17) is 0 Å². The second kappa shape index (κ2) is 2.16. The predicted molar refractivity (Wildman–Crippen MR) is 34.0 cm³/mol. The first-order valence-electron chi connectivity index (χ1n) is 3.78. The molecule has 3 heteroatoms. The number of halogens is 2. The lowest BCUT2D eigenvalue weighted by Crippen LogP contribution is -2.55. The van der Waals surface area contributed by atoms with E-state index in [2.05, 4.69) is 5.32 Å². The maximum Gasteiger partial charge on any atom is 0.242 e. The maximum absolute atomic E-state index is 12.2. The lowest BCUT2D eigenvalue weighted by atomic mass is 9.62. The van der Waals surface area contributed by atoms with Crippen molar-refractivity contribution in [2.75, 3.05) is 13.1 Å². The Morgan fingerprint density at radius 2 is 1.80 bits per heavy atom. The van der Waals surface area contributed by atoms with Crippen molar-refractivity contribution in [3.63, 3.8) is 0 Å². The Balaban J connectivity index is 1.99. The molecule has 0 aromatic rings. The molecule has 1 N–H and O–H groups in total. The van der Waals surface area contributed by atoms with Crippen LogP contribution in [0.5, 0.6) is 0 Å². The Morgan fingerprint density at radius 1 is 1.20 bits per heavy atom. The number of piperidine rings is 2. The van der Waals surface area contributed by atoms with Crippen molar-refractivity contribution in [2.45, 2.75) is 12.8 Å². The summed E-state index contributed by atoms with van der Waals surface area (Å²) in [4.78, 5) is 0. The van der Waals surface area contributed by atoms with Gasteiger partial charge in [0.1, 0.15) is 0 Å². The van der Waals surface area contributed by atoms with Crippen LogP contribution in [0.1, 0.15) is 6.42 Å². The van der Waals surface area contributed by atoms with Crippen molar-refractivity contribution in [3.05, 3.63) is 0 Å². The third-order valence-corrected chi connectivity index (χ3v) is 2.80. The molecule has 2 heterocycles. The van der Waals surface area contributed by atoms with Gasteiger partial charge in [0, 0.05) is 5.92 Å². The molecule has 2 unspecified atom stereocenters. The van der Waals surface area contributed by atoms with Gasteiger partial charge in [-0.3, -0.25) is 0 Å². The number of fused-ring (bicyclic) bond motifs is 2. The molecule has 0 aromatic heterocycles. The highest BCUT2D eigenvalue weighted by atomic mass is 19.3. The first-order chi connectivity index (χ1) is 4.79. The van der Waals surface area contributed by atoms with E-state index in [1.165, 1.54) is 0 Å². The van der Waals surface area contributed by atoms with Crippen LogP contribution in [0.15, 0.2) is 0 Å². The molecule has 3 aliphatic rings. The summed E-state index contributed by atoms with van der Waals surface area (Å²) in [5.74, 6) is 0.277. The molecular weight excluding hydrogens is 136 g/mol.